The fourth-order valence-corrected chi connectivity index (χ4v) is 5.17. The van der Waals surface area contributed by atoms with Crippen molar-refractivity contribution in [3.05, 3.63) is 59.9 Å². The number of nitrogens with zero attached hydrogens (tertiary/aromatic N) is 2. The first kappa shape index (κ1) is 21.8. The van der Waals surface area contributed by atoms with Crippen LogP contribution in [0.5, 0.6) is 11.5 Å². The Labute approximate surface area is 178 Å². The van der Waals surface area contributed by atoms with E-state index in [1.807, 2.05) is 22.8 Å². The van der Waals surface area contributed by atoms with E-state index in [1.165, 1.54) is 30.6 Å². The Balaban J connectivity index is 1.84. The van der Waals surface area contributed by atoms with Crippen LogP contribution in [-0.4, -0.2) is 38.9 Å². The van der Waals surface area contributed by atoms with Crippen LogP contribution < -0.4 is 14.3 Å². The standard InChI is InChI=1S/C21H22N2O5S2/c1-4-12-23-18-10-7-16(28-3)14-19(18)29-21(23)22-20(24)11-13-30(25,26)17-8-5-15(27-2)6-9-17/h4-10,14H,1,11-13H2,2-3H3. The van der Waals surface area contributed by atoms with Crippen molar-refractivity contribution in [2.24, 2.45) is 4.99 Å². The highest BCUT2D eigenvalue weighted by Gasteiger charge is 2.17. The molecule has 0 radical (unpaired) electrons. The zero-order valence-corrected chi connectivity index (χ0v) is 18.3. The molecule has 0 saturated carbocycles. The van der Waals surface area contributed by atoms with Crippen molar-refractivity contribution in [2.45, 2.75) is 17.9 Å². The van der Waals surface area contributed by atoms with Crippen molar-refractivity contribution >= 4 is 37.3 Å². The Morgan fingerprint density at radius 1 is 1.13 bits per heavy atom. The minimum absolute atomic E-state index is 0.145. The average molecular weight is 447 g/mol. The highest BCUT2D eigenvalue weighted by atomic mass is 32.2. The third-order valence-electron chi connectivity index (χ3n) is 4.43. The summed E-state index contributed by atoms with van der Waals surface area (Å²) in [7, 11) is -0.505. The largest absolute Gasteiger partial charge is 0.497 e. The molecule has 0 aliphatic heterocycles. The molecular formula is C21H22N2O5S2. The van der Waals surface area contributed by atoms with Crippen LogP contribution in [0.3, 0.4) is 0 Å². The quantitative estimate of drug-likeness (QED) is 0.496. The van der Waals surface area contributed by atoms with Crippen LogP contribution in [0.2, 0.25) is 0 Å². The van der Waals surface area contributed by atoms with E-state index >= 15 is 0 Å². The molecule has 0 bridgehead atoms. The summed E-state index contributed by atoms with van der Waals surface area (Å²) in [6, 6.07) is 11.7. The summed E-state index contributed by atoms with van der Waals surface area (Å²) in [4.78, 5) is 17.2. The molecule has 0 atom stereocenters. The van der Waals surface area contributed by atoms with Gasteiger partial charge in [-0.1, -0.05) is 17.4 Å². The lowest BCUT2D eigenvalue weighted by Crippen LogP contribution is -2.17. The number of benzene rings is 2. The van der Waals surface area contributed by atoms with Gasteiger partial charge in [-0.3, -0.25) is 4.79 Å². The topological polar surface area (TPSA) is 87.0 Å². The summed E-state index contributed by atoms with van der Waals surface area (Å²) < 4.78 is 38.1. The number of ether oxygens (including phenoxy) is 2. The number of sulfone groups is 1. The molecule has 1 aromatic heterocycles. The van der Waals surface area contributed by atoms with Gasteiger partial charge >= 0.3 is 0 Å². The second kappa shape index (κ2) is 9.27. The minimum atomic E-state index is -3.60. The number of methoxy groups -OCH3 is 2. The molecular weight excluding hydrogens is 424 g/mol. The molecule has 0 fully saturated rings. The maximum absolute atomic E-state index is 12.5. The van der Waals surface area contributed by atoms with Gasteiger partial charge in [-0.2, -0.15) is 4.99 Å². The van der Waals surface area contributed by atoms with Gasteiger partial charge in [0.2, 0.25) is 5.91 Å². The molecule has 0 N–H and O–H groups in total. The number of carbonyl (C=O) groups is 1. The van der Waals surface area contributed by atoms with E-state index in [0.717, 1.165) is 10.2 Å². The summed E-state index contributed by atoms with van der Waals surface area (Å²) >= 11 is 1.34. The molecule has 0 aliphatic carbocycles. The van der Waals surface area contributed by atoms with Gasteiger partial charge in [-0.25, -0.2) is 8.42 Å². The molecule has 3 rings (SSSR count). The fourth-order valence-electron chi connectivity index (χ4n) is 2.86. The molecule has 7 nitrogen and oxygen atoms in total. The van der Waals surface area contributed by atoms with Crippen LogP contribution in [0.1, 0.15) is 6.42 Å². The van der Waals surface area contributed by atoms with E-state index in [9.17, 15) is 13.2 Å². The average Bonchev–Trinajstić information content (AvgIpc) is 3.08. The maximum Gasteiger partial charge on any atom is 0.249 e. The normalized spacial score (nSPS) is 12.1. The molecule has 158 valence electrons. The third kappa shape index (κ3) is 4.80. The van der Waals surface area contributed by atoms with E-state index in [1.54, 1.807) is 25.3 Å². The van der Waals surface area contributed by atoms with Crippen LogP contribution in [0.15, 0.2) is 65.0 Å². The summed E-state index contributed by atoms with van der Waals surface area (Å²) in [6.45, 7) is 4.23. The number of rotatable bonds is 8. The smallest absolute Gasteiger partial charge is 0.249 e. The molecule has 1 amide bonds. The van der Waals surface area contributed by atoms with Crippen LogP contribution in [0.25, 0.3) is 10.2 Å². The highest BCUT2D eigenvalue weighted by molar-refractivity contribution is 7.91. The summed E-state index contributed by atoms with van der Waals surface area (Å²) in [5.74, 6) is 0.455. The van der Waals surface area contributed by atoms with Gasteiger partial charge in [-0.05, 0) is 42.5 Å². The van der Waals surface area contributed by atoms with Crippen molar-refractivity contribution in [3.8, 4) is 11.5 Å². The first-order chi connectivity index (χ1) is 14.4. The zero-order valence-electron chi connectivity index (χ0n) is 16.7. The summed E-state index contributed by atoms with van der Waals surface area (Å²) in [6.07, 6.45) is 1.51. The van der Waals surface area contributed by atoms with Crippen molar-refractivity contribution in [1.29, 1.82) is 0 Å². The van der Waals surface area contributed by atoms with Gasteiger partial charge in [0.1, 0.15) is 11.5 Å². The lowest BCUT2D eigenvalue weighted by atomic mass is 10.3. The monoisotopic (exact) mass is 446 g/mol. The second-order valence-corrected chi connectivity index (χ2v) is 9.49. The third-order valence-corrected chi connectivity index (χ3v) is 7.20. The Kier molecular flexibility index (Phi) is 6.73. The predicted octanol–water partition coefficient (Wildman–Crippen LogP) is 3.20. The SMILES string of the molecule is C=CCn1c(=NC(=O)CCS(=O)(=O)c2ccc(OC)cc2)sc2cc(OC)ccc21. The fraction of sp³-hybridized carbons (Fsp3) is 0.238. The van der Waals surface area contributed by atoms with Crippen molar-refractivity contribution in [3.63, 3.8) is 0 Å². The Hall–Kier alpha value is -2.91. The molecule has 0 unspecified atom stereocenters. The van der Waals surface area contributed by atoms with E-state index in [0.29, 0.717) is 22.8 Å². The van der Waals surface area contributed by atoms with Crippen molar-refractivity contribution in [1.82, 2.24) is 4.57 Å². The van der Waals surface area contributed by atoms with Crippen molar-refractivity contribution in [2.75, 3.05) is 20.0 Å². The number of allylic oxidation sites excluding steroid dienone is 1. The van der Waals surface area contributed by atoms with Crippen LogP contribution in [-0.2, 0) is 21.2 Å². The summed E-state index contributed by atoms with van der Waals surface area (Å²) in [5, 5.41) is 0. The molecule has 30 heavy (non-hydrogen) atoms. The van der Waals surface area contributed by atoms with Gasteiger partial charge in [0.25, 0.3) is 0 Å². The Bertz CT molecular complexity index is 1240. The van der Waals surface area contributed by atoms with E-state index in [-0.39, 0.29) is 17.1 Å². The molecule has 0 aliphatic rings. The van der Waals surface area contributed by atoms with E-state index in [4.69, 9.17) is 9.47 Å². The van der Waals surface area contributed by atoms with Gasteiger partial charge in [0, 0.05) is 13.0 Å². The highest BCUT2D eigenvalue weighted by Crippen LogP contribution is 2.23. The molecule has 0 saturated heterocycles. The van der Waals surface area contributed by atoms with E-state index < -0.39 is 15.7 Å². The maximum atomic E-state index is 12.5. The Morgan fingerprint density at radius 3 is 2.43 bits per heavy atom. The van der Waals surface area contributed by atoms with E-state index in [2.05, 4.69) is 11.6 Å². The zero-order chi connectivity index (χ0) is 21.7. The second-order valence-electron chi connectivity index (χ2n) is 6.37. The number of carbonyl (C=O) groups excluding carboxylic acids is 1. The molecule has 9 heteroatoms. The molecule has 0 spiro atoms. The van der Waals surface area contributed by atoms with Crippen LogP contribution in [0, 0.1) is 0 Å². The number of hydrogen-bond donors (Lipinski definition) is 0. The van der Waals surface area contributed by atoms with Gasteiger partial charge < -0.3 is 14.0 Å². The Morgan fingerprint density at radius 2 is 1.80 bits per heavy atom. The first-order valence-corrected chi connectivity index (χ1v) is 11.6. The van der Waals surface area contributed by atoms with Gasteiger partial charge in [0.05, 0.1) is 35.1 Å². The van der Waals surface area contributed by atoms with Crippen molar-refractivity contribution < 1.29 is 22.7 Å². The lowest BCUT2D eigenvalue weighted by Gasteiger charge is -2.04. The number of thiazole rings is 1. The number of hydrogen-bond acceptors (Lipinski definition) is 6. The minimum Gasteiger partial charge on any atom is -0.497 e. The van der Waals surface area contributed by atoms with Crippen LogP contribution >= 0.6 is 11.3 Å². The summed E-state index contributed by atoms with van der Waals surface area (Å²) in [5.41, 5.74) is 0.901. The van der Waals surface area contributed by atoms with Crippen LogP contribution in [0.4, 0.5) is 0 Å². The number of aromatic nitrogens is 1. The van der Waals surface area contributed by atoms with Gasteiger partial charge in [0.15, 0.2) is 14.6 Å². The number of fused-ring (bicyclic) bond motifs is 1. The number of amides is 1. The lowest BCUT2D eigenvalue weighted by molar-refractivity contribution is -0.117. The molecule has 3 aromatic rings. The molecule has 2 aromatic carbocycles. The van der Waals surface area contributed by atoms with Gasteiger partial charge in [-0.15, -0.1) is 6.58 Å². The first-order valence-electron chi connectivity index (χ1n) is 9.10. The molecule has 1 heterocycles. The predicted molar refractivity (Wildman–Crippen MR) is 117 cm³/mol.